The molecule has 0 atom stereocenters. The van der Waals surface area contributed by atoms with E-state index >= 15 is 4.39 Å². The van der Waals surface area contributed by atoms with Gasteiger partial charge in [0, 0.05) is 30.9 Å². The molecule has 0 aliphatic heterocycles. The van der Waals surface area contributed by atoms with E-state index in [4.69, 9.17) is 5.73 Å². The highest BCUT2D eigenvalue weighted by atomic mass is 19.1. The molecule has 0 saturated heterocycles. The van der Waals surface area contributed by atoms with Crippen LogP contribution in [0.15, 0.2) is 24.3 Å². The molecule has 3 aromatic rings. The summed E-state index contributed by atoms with van der Waals surface area (Å²) in [7, 11) is 3.21. The van der Waals surface area contributed by atoms with Gasteiger partial charge in [0.05, 0.1) is 0 Å². The third-order valence-electron chi connectivity index (χ3n) is 4.10. The van der Waals surface area contributed by atoms with Gasteiger partial charge in [-0.25, -0.2) is 13.9 Å². The van der Waals surface area contributed by atoms with Crippen LogP contribution in [0.5, 0.6) is 0 Å². The molecule has 8 heteroatoms. The Labute approximate surface area is 149 Å². The van der Waals surface area contributed by atoms with Gasteiger partial charge in [-0.05, 0) is 37.6 Å². The number of rotatable bonds is 3. The molecule has 1 aromatic carbocycles. The van der Waals surface area contributed by atoms with Crippen LogP contribution in [0.2, 0.25) is 0 Å². The Morgan fingerprint density at radius 3 is 2.46 bits per heavy atom. The minimum Gasteiger partial charge on any atom is -0.366 e. The van der Waals surface area contributed by atoms with E-state index in [1.165, 1.54) is 15.5 Å². The highest BCUT2D eigenvalue weighted by Gasteiger charge is 2.21. The predicted molar refractivity (Wildman–Crippen MR) is 94.4 cm³/mol. The molecule has 0 fully saturated rings. The van der Waals surface area contributed by atoms with Gasteiger partial charge < -0.3 is 10.6 Å². The highest BCUT2D eigenvalue weighted by molar-refractivity contribution is 5.94. The summed E-state index contributed by atoms with van der Waals surface area (Å²) < 4.78 is 16.4. The molecule has 0 spiro atoms. The van der Waals surface area contributed by atoms with Crippen molar-refractivity contribution in [2.45, 2.75) is 13.8 Å². The number of fused-ring (bicyclic) bond motifs is 1. The van der Waals surface area contributed by atoms with E-state index in [1.54, 1.807) is 46.1 Å². The van der Waals surface area contributed by atoms with Crippen LogP contribution >= 0.6 is 0 Å². The Morgan fingerprint density at radius 1 is 1.19 bits per heavy atom. The molecule has 2 amide bonds. The van der Waals surface area contributed by atoms with E-state index in [1.807, 2.05) is 0 Å². The first kappa shape index (κ1) is 17.5. The van der Waals surface area contributed by atoms with Crippen molar-refractivity contribution in [2.24, 2.45) is 5.73 Å². The van der Waals surface area contributed by atoms with E-state index in [2.05, 4.69) is 10.1 Å². The lowest BCUT2D eigenvalue weighted by atomic mass is 10.0. The zero-order chi connectivity index (χ0) is 19.2. The standard InChI is InChI=1S/C18H18FN5O2/c1-9-7-11(16(20)25)5-6-12(9)15-14(19)17-21-13(18(26)23(3)4)8-10(2)24(17)22-15/h5-8H,1-4H3,(H2,20,25). The smallest absolute Gasteiger partial charge is 0.272 e. The summed E-state index contributed by atoms with van der Waals surface area (Å²) in [5, 5.41) is 4.30. The molecule has 26 heavy (non-hydrogen) atoms. The normalized spacial score (nSPS) is 11.0. The summed E-state index contributed by atoms with van der Waals surface area (Å²) in [5.74, 6) is -1.50. The number of aromatic nitrogens is 3. The van der Waals surface area contributed by atoms with Gasteiger partial charge in [0.2, 0.25) is 5.91 Å². The fraction of sp³-hybridized carbons (Fsp3) is 0.222. The lowest BCUT2D eigenvalue weighted by Gasteiger charge is -2.10. The van der Waals surface area contributed by atoms with Gasteiger partial charge in [0.1, 0.15) is 11.4 Å². The quantitative estimate of drug-likeness (QED) is 0.777. The van der Waals surface area contributed by atoms with E-state index in [-0.39, 0.29) is 22.9 Å². The summed E-state index contributed by atoms with van der Waals surface area (Å²) in [5.41, 5.74) is 7.59. The minimum atomic E-state index is -0.628. The number of nitrogens with zero attached hydrogens (tertiary/aromatic N) is 4. The largest absolute Gasteiger partial charge is 0.366 e. The zero-order valence-electron chi connectivity index (χ0n) is 14.9. The first-order valence-electron chi connectivity index (χ1n) is 7.89. The molecule has 0 aliphatic rings. The number of benzene rings is 1. The van der Waals surface area contributed by atoms with Crippen molar-refractivity contribution in [3.63, 3.8) is 0 Å². The molecule has 0 aliphatic carbocycles. The van der Waals surface area contributed by atoms with Crippen molar-refractivity contribution in [1.82, 2.24) is 19.5 Å². The Kier molecular flexibility index (Phi) is 4.19. The minimum absolute atomic E-state index is 0.0245. The first-order valence-corrected chi connectivity index (χ1v) is 7.89. The summed E-state index contributed by atoms with van der Waals surface area (Å²) in [6.45, 7) is 3.47. The molecule has 2 heterocycles. The van der Waals surface area contributed by atoms with Crippen LogP contribution in [0.1, 0.15) is 32.1 Å². The Morgan fingerprint density at radius 2 is 1.88 bits per heavy atom. The molecule has 2 N–H and O–H groups in total. The van der Waals surface area contributed by atoms with Gasteiger partial charge in [0.15, 0.2) is 11.5 Å². The molecule has 0 unspecified atom stereocenters. The monoisotopic (exact) mass is 355 g/mol. The summed E-state index contributed by atoms with van der Waals surface area (Å²) in [4.78, 5) is 29.0. The van der Waals surface area contributed by atoms with Crippen LogP contribution in [0.25, 0.3) is 16.9 Å². The molecule has 2 aromatic heterocycles. The van der Waals surface area contributed by atoms with Crippen LogP contribution in [-0.4, -0.2) is 45.4 Å². The molecule has 0 radical (unpaired) electrons. The van der Waals surface area contributed by atoms with Crippen molar-refractivity contribution < 1.29 is 14.0 Å². The molecular formula is C18H18FN5O2. The van der Waals surface area contributed by atoms with Gasteiger partial charge >= 0.3 is 0 Å². The first-order chi connectivity index (χ1) is 12.2. The van der Waals surface area contributed by atoms with Crippen LogP contribution in [0.4, 0.5) is 4.39 Å². The number of hydrogen-bond acceptors (Lipinski definition) is 4. The van der Waals surface area contributed by atoms with Crippen molar-refractivity contribution in [3.8, 4) is 11.3 Å². The average Bonchev–Trinajstić information content (AvgIpc) is 2.91. The third kappa shape index (κ3) is 2.79. The molecule has 134 valence electrons. The van der Waals surface area contributed by atoms with Crippen LogP contribution in [0, 0.1) is 19.7 Å². The van der Waals surface area contributed by atoms with Gasteiger partial charge in [0.25, 0.3) is 5.91 Å². The Bertz CT molecular complexity index is 1060. The molecule has 7 nitrogen and oxygen atoms in total. The van der Waals surface area contributed by atoms with Gasteiger partial charge in [-0.2, -0.15) is 5.10 Å². The van der Waals surface area contributed by atoms with Crippen LogP contribution in [0.3, 0.4) is 0 Å². The topological polar surface area (TPSA) is 93.6 Å². The summed E-state index contributed by atoms with van der Waals surface area (Å²) in [6, 6.07) is 6.27. The van der Waals surface area contributed by atoms with Crippen molar-refractivity contribution >= 4 is 17.5 Å². The number of primary amides is 1. The second-order valence-electron chi connectivity index (χ2n) is 6.27. The number of halogens is 1. The van der Waals surface area contributed by atoms with E-state index in [9.17, 15) is 9.59 Å². The van der Waals surface area contributed by atoms with Crippen LogP contribution < -0.4 is 5.73 Å². The average molecular weight is 355 g/mol. The highest BCUT2D eigenvalue weighted by Crippen LogP contribution is 2.28. The van der Waals surface area contributed by atoms with E-state index in [0.29, 0.717) is 22.4 Å². The fourth-order valence-electron chi connectivity index (χ4n) is 2.73. The van der Waals surface area contributed by atoms with Crippen LogP contribution in [-0.2, 0) is 0 Å². The van der Waals surface area contributed by atoms with Gasteiger partial charge in [-0.15, -0.1) is 0 Å². The molecule has 0 saturated carbocycles. The van der Waals surface area contributed by atoms with Crippen molar-refractivity contribution in [3.05, 3.63) is 52.6 Å². The lowest BCUT2D eigenvalue weighted by molar-refractivity contribution is 0.0821. The zero-order valence-corrected chi connectivity index (χ0v) is 14.9. The maximum Gasteiger partial charge on any atom is 0.272 e. The second kappa shape index (κ2) is 6.21. The molecule has 3 rings (SSSR count). The Balaban J connectivity index is 2.20. The predicted octanol–water partition coefficient (Wildman–Crippen LogP) is 1.95. The maximum absolute atomic E-state index is 15.0. The third-order valence-corrected chi connectivity index (χ3v) is 4.10. The van der Waals surface area contributed by atoms with Gasteiger partial charge in [-0.3, -0.25) is 9.59 Å². The number of amides is 2. The van der Waals surface area contributed by atoms with Crippen molar-refractivity contribution in [1.29, 1.82) is 0 Å². The fourth-order valence-corrected chi connectivity index (χ4v) is 2.73. The number of aryl methyl sites for hydroxylation is 2. The molecule has 0 bridgehead atoms. The second-order valence-corrected chi connectivity index (χ2v) is 6.27. The summed E-state index contributed by atoms with van der Waals surface area (Å²) >= 11 is 0. The maximum atomic E-state index is 15.0. The van der Waals surface area contributed by atoms with E-state index in [0.717, 1.165) is 0 Å². The lowest BCUT2D eigenvalue weighted by Crippen LogP contribution is -2.23. The SMILES string of the molecule is Cc1cc(C(N)=O)ccc1-c1nn2c(C)cc(C(=O)N(C)C)nc2c1F. The number of carbonyl (C=O) groups is 2. The summed E-state index contributed by atoms with van der Waals surface area (Å²) in [6.07, 6.45) is 0. The number of nitrogens with two attached hydrogens (primary N) is 1. The van der Waals surface area contributed by atoms with Gasteiger partial charge in [-0.1, -0.05) is 6.07 Å². The Hall–Kier alpha value is -3.29. The molecular weight excluding hydrogens is 337 g/mol. The number of carbonyl (C=O) groups excluding carboxylic acids is 2. The van der Waals surface area contributed by atoms with Crippen molar-refractivity contribution in [2.75, 3.05) is 14.1 Å². The number of hydrogen-bond donors (Lipinski definition) is 1. The van der Waals surface area contributed by atoms with E-state index < -0.39 is 11.7 Å².